The Balaban J connectivity index is 1.76. The predicted octanol–water partition coefficient (Wildman–Crippen LogP) is 1.83. The first kappa shape index (κ1) is 18.6. The van der Waals surface area contributed by atoms with E-state index in [4.69, 9.17) is 12.2 Å². The Labute approximate surface area is 157 Å². The third kappa shape index (κ3) is 4.13. The van der Waals surface area contributed by atoms with Gasteiger partial charge in [-0.3, -0.25) is 10.1 Å². The SMILES string of the molecule is O=[N+]([O-])c1ccc(CC2CN(S(=O)(=O)C3CC3)CCN2C(=S)S)cc1. The average molecular weight is 402 g/mol. The van der Waals surface area contributed by atoms with Crippen LogP contribution in [0.15, 0.2) is 24.3 Å². The van der Waals surface area contributed by atoms with E-state index in [9.17, 15) is 18.5 Å². The van der Waals surface area contributed by atoms with Crippen LogP contribution < -0.4 is 0 Å². The van der Waals surface area contributed by atoms with Gasteiger partial charge in [0.25, 0.3) is 5.69 Å². The molecule has 1 saturated heterocycles. The fourth-order valence-electron chi connectivity index (χ4n) is 3.09. The number of nitro benzene ring substituents is 1. The topological polar surface area (TPSA) is 83.8 Å². The largest absolute Gasteiger partial charge is 0.352 e. The summed E-state index contributed by atoms with van der Waals surface area (Å²) in [5.41, 5.74) is 0.933. The highest BCUT2D eigenvalue weighted by Crippen LogP contribution is 2.32. The molecule has 1 unspecified atom stereocenters. The minimum atomic E-state index is -3.23. The first-order valence-electron chi connectivity index (χ1n) is 8.01. The normalized spacial score (nSPS) is 22.0. The number of benzene rings is 1. The zero-order valence-corrected chi connectivity index (χ0v) is 16.0. The lowest BCUT2D eigenvalue weighted by atomic mass is 10.0. The van der Waals surface area contributed by atoms with Gasteiger partial charge < -0.3 is 4.90 Å². The number of nitro groups is 1. The molecule has 0 aromatic heterocycles. The summed E-state index contributed by atoms with van der Waals surface area (Å²) in [6.45, 7) is 1.28. The van der Waals surface area contributed by atoms with Gasteiger partial charge >= 0.3 is 0 Å². The van der Waals surface area contributed by atoms with E-state index in [1.54, 1.807) is 16.4 Å². The van der Waals surface area contributed by atoms with Crippen LogP contribution in [0.4, 0.5) is 5.69 Å². The molecule has 1 saturated carbocycles. The Morgan fingerprint density at radius 1 is 1.28 bits per heavy atom. The predicted molar refractivity (Wildman–Crippen MR) is 102 cm³/mol. The second-order valence-corrected chi connectivity index (χ2v) is 9.69. The summed E-state index contributed by atoms with van der Waals surface area (Å²) in [5.74, 6) is 0. The summed E-state index contributed by atoms with van der Waals surface area (Å²) in [7, 11) is -3.23. The molecule has 1 aliphatic heterocycles. The highest BCUT2D eigenvalue weighted by atomic mass is 32.2. The number of thiol groups is 1. The van der Waals surface area contributed by atoms with Gasteiger partial charge in [-0.1, -0.05) is 24.4 Å². The van der Waals surface area contributed by atoms with Crippen LogP contribution >= 0.6 is 24.8 Å². The van der Waals surface area contributed by atoms with E-state index in [0.29, 0.717) is 30.4 Å². The van der Waals surface area contributed by atoms with Crippen LogP contribution in [0.2, 0.25) is 0 Å². The van der Waals surface area contributed by atoms with Crippen LogP contribution in [0.1, 0.15) is 18.4 Å². The minimum absolute atomic E-state index is 0.0342. The molecule has 0 N–H and O–H groups in total. The van der Waals surface area contributed by atoms with Crippen molar-refractivity contribution in [1.29, 1.82) is 0 Å². The quantitative estimate of drug-likeness (QED) is 0.351. The Bertz CT molecular complexity index is 778. The summed E-state index contributed by atoms with van der Waals surface area (Å²) in [4.78, 5) is 12.3. The third-order valence-corrected chi connectivity index (χ3v) is 7.47. The van der Waals surface area contributed by atoms with Crippen molar-refractivity contribution in [3.63, 3.8) is 0 Å². The molecule has 3 rings (SSSR count). The van der Waals surface area contributed by atoms with Crippen LogP contribution in [-0.2, 0) is 16.4 Å². The molecule has 1 aliphatic carbocycles. The number of rotatable bonds is 5. The molecular formula is C15H19N3O4S3. The molecule has 0 bridgehead atoms. The lowest BCUT2D eigenvalue weighted by molar-refractivity contribution is -0.384. The molecule has 2 fully saturated rings. The maximum Gasteiger partial charge on any atom is 0.269 e. The fourth-order valence-corrected chi connectivity index (χ4v) is 5.46. The van der Waals surface area contributed by atoms with Crippen molar-refractivity contribution in [1.82, 2.24) is 9.21 Å². The molecule has 0 radical (unpaired) electrons. The van der Waals surface area contributed by atoms with E-state index in [1.807, 2.05) is 4.90 Å². The summed E-state index contributed by atoms with van der Waals surface area (Å²) < 4.78 is 27.0. The molecule has 136 valence electrons. The van der Waals surface area contributed by atoms with Gasteiger partial charge in [-0.15, -0.1) is 12.6 Å². The summed E-state index contributed by atoms with van der Waals surface area (Å²) >= 11 is 9.46. The van der Waals surface area contributed by atoms with Crippen molar-refractivity contribution >= 4 is 44.9 Å². The van der Waals surface area contributed by atoms with Crippen LogP contribution in [0.5, 0.6) is 0 Å². The average Bonchev–Trinajstić information content (AvgIpc) is 3.40. The van der Waals surface area contributed by atoms with Crippen molar-refractivity contribution in [3.8, 4) is 0 Å². The molecular weight excluding hydrogens is 382 g/mol. The minimum Gasteiger partial charge on any atom is -0.352 e. The second kappa shape index (κ2) is 7.18. The third-order valence-electron chi connectivity index (χ3n) is 4.62. The molecule has 1 heterocycles. The van der Waals surface area contributed by atoms with E-state index in [1.165, 1.54) is 12.1 Å². The second-order valence-electron chi connectivity index (χ2n) is 6.36. The van der Waals surface area contributed by atoms with E-state index < -0.39 is 14.9 Å². The maximum absolute atomic E-state index is 12.5. The van der Waals surface area contributed by atoms with Gasteiger partial charge in [0.2, 0.25) is 10.0 Å². The lowest BCUT2D eigenvalue weighted by Crippen LogP contribution is -2.56. The standard InChI is InChI=1S/C15H19N3O4S3/c19-18(20)12-3-1-11(2-4-12)9-13-10-16(7-8-17(13)15(23)24)25(21,22)14-5-6-14/h1-4,13-14H,5-10H2,(H,23,24). The first-order chi connectivity index (χ1) is 11.8. The number of hydrogen-bond donors (Lipinski definition) is 1. The van der Waals surface area contributed by atoms with Crippen molar-refractivity contribution in [2.75, 3.05) is 19.6 Å². The molecule has 0 spiro atoms. The van der Waals surface area contributed by atoms with E-state index in [-0.39, 0.29) is 17.0 Å². The zero-order chi connectivity index (χ0) is 18.2. The van der Waals surface area contributed by atoms with Crippen LogP contribution in [0.25, 0.3) is 0 Å². The van der Waals surface area contributed by atoms with Gasteiger partial charge in [-0.25, -0.2) is 8.42 Å². The van der Waals surface area contributed by atoms with Gasteiger partial charge in [0.1, 0.15) is 4.32 Å². The molecule has 1 aromatic rings. The van der Waals surface area contributed by atoms with Crippen molar-refractivity contribution in [2.45, 2.75) is 30.6 Å². The molecule has 2 aliphatic rings. The van der Waals surface area contributed by atoms with Crippen LogP contribution in [0, 0.1) is 10.1 Å². The van der Waals surface area contributed by atoms with E-state index in [2.05, 4.69) is 12.6 Å². The number of non-ortho nitro benzene ring substituents is 1. The number of hydrogen-bond acceptors (Lipinski definition) is 5. The fraction of sp³-hybridized carbons (Fsp3) is 0.533. The Morgan fingerprint density at radius 2 is 1.92 bits per heavy atom. The highest BCUT2D eigenvalue weighted by molar-refractivity contribution is 8.10. The van der Waals surface area contributed by atoms with Gasteiger partial charge in [-0.05, 0) is 24.8 Å². The molecule has 1 atom stereocenters. The van der Waals surface area contributed by atoms with E-state index in [0.717, 1.165) is 18.4 Å². The highest BCUT2D eigenvalue weighted by Gasteiger charge is 2.43. The van der Waals surface area contributed by atoms with Crippen molar-refractivity contribution in [2.24, 2.45) is 0 Å². The smallest absolute Gasteiger partial charge is 0.269 e. The Morgan fingerprint density at radius 3 is 2.44 bits per heavy atom. The molecule has 1 aromatic carbocycles. The molecule has 25 heavy (non-hydrogen) atoms. The summed E-state index contributed by atoms with van der Waals surface area (Å²) in [6, 6.07) is 6.19. The lowest BCUT2D eigenvalue weighted by Gasteiger charge is -2.41. The molecule has 10 heteroatoms. The maximum atomic E-state index is 12.5. The number of nitrogens with zero attached hydrogens (tertiary/aromatic N) is 3. The van der Waals surface area contributed by atoms with Gasteiger partial charge in [-0.2, -0.15) is 4.31 Å². The van der Waals surface area contributed by atoms with Crippen LogP contribution in [0.3, 0.4) is 0 Å². The number of sulfonamides is 1. The van der Waals surface area contributed by atoms with Gasteiger partial charge in [0.05, 0.1) is 10.2 Å². The van der Waals surface area contributed by atoms with Gasteiger partial charge in [0.15, 0.2) is 0 Å². The van der Waals surface area contributed by atoms with Crippen molar-refractivity contribution < 1.29 is 13.3 Å². The van der Waals surface area contributed by atoms with Crippen molar-refractivity contribution in [3.05, 3.63) is 39.9 Å². The van der Waals surface area contributed by atoms with Crippen LogP contribution in [-0.4, -0.2) is 57.8 Å². The van der Waals surface area contributed by atoms with E-state index >= 15 is 0 Å². The Hall–Kier alpha value is -1.23. The van der Waals surface area contributed by atoms with Gasteiger partial charge in [0, 0.05) is 37.8 Å². The first-order valence-corrected chi connectivity index (χ1v) is 10.4. The summed E-state index contributed by atoms with van der Waals surface area (Å²) in [6.07, 6.45) is 2.02. The number of piperazine rings is 1. The number of thiocarbonyl (C=S) groups is 1. The molecule has 7 nitrogen and oxygen atoms in total. The summed E-state index contributed by atoms with van der Waals surface area (Å²) in [5, 5.41) is 10.5. The zero-order valence-electron chi connectivity index (χ0n) is 13.4. The molecule has 0 amide bonds. The monoisotopic (exact) mass is 401 g/mol. The Kier molecular flexibility index (Phi) is 5.33.